The molecule has 2 N–H and O–H groups in total. The van der Waals surface area contributed by atoms with Crippen molar-refractivity contribution in [1.29, 1.82) is 0 Å². The number of aromatic nitrogens is 1. The number of amides is 1. The molecular formula is C24H24N2O5. The van der Waals surface area contributed by atoms with Crippen LogP contribution in [0.15, 0.2) is 65.5 Å². The quantitative estimate of drug-likeness (QED) is 0.569. The zero-order valence-electron chi connectivity index (χ0n) is 17.4. The molecule has 0 saturated heterocycles. The van der Waals surface area contributed by atoms with Crippen molar-refractivity contribution in [2.45, 2.75) is 18.8 Å². The van der Waals surface area contributed by atoms with Crippen LogP contribution in [0.25, 0.3) is 11.1 Å². The third kappa shape index (κ3) is 4.23. The fraction of sp³-hybridized carbons (Fsp3) is 0.250. The molecule has 0 radical (unpaired) electrons. The zero-order valence-corrected chi connectivity index (χ0v) is 17.4. The summed E-state index contributed by atoms with van der Waals surface area (Å²) in [5.41, 5.74) is 5.22. The third-order valence-electron chi connectivity index (χ3n) is 5.46. The molecule has 1 aromatic heterocycles. The largest absolute Gasteiger partial charge is 0.449 e. The van der Waals surface area contributed by atoms with Crippen molar-refractivity contribution >= 4 is 6.09 Å². The molecular weight excluding hydrogens is 396 g/mol. The molecule has 31 heavy (non-hydrogen) atoms. The number of pyridine rings is 1. The van der Waals surface area contributed by atoms with Gasteiger partial charge in [-0.15, -0.1) is 0 Å². The number of hydrogen-bond acceptors (Lipinski definition) is 5. The van der Waals surface area contributed by atoms with E-state index in [4.69, 9.17) is 14.2 Å². The zero-order chi connectivity index (χ0) is 21.8. The van der Waals surface area contributed by atoms with Crippen molar-refractivity contribution in [2.24, 2.45) is 0 Å². The van der Waals surface area contributed by atoms with Crippen LogP contribution in [0.3, 0.4) is 0 Å². The van der Waals surface area contributed by atoms with E-state index in [2.05, 4.69) is 34.6 Å². The van der Waals surface area contributed by atoms with Gasteiger partial charge in [-0.05, 0) is 34.4 Å². The maximum Gasteiger partial charge on any atom is 0.407 e. The normalized spacial score (nSPS) is 12.5. The third-order valence-corrected chi connectivity index (χ3v) is 5.46. The first kappa shape index (κ1) is 20.8. The van der Waals surface area contributed by atoms with Crippen LogP contribution in [0.1, 0.15) is 34.6 Å². The van der Waals surface area contributed by atoms with Gasteiger partial charge in [-0.25, -0.2) is 4.79 Å². The molecule has 0 unspecified atom stereocenters. The number of ether oxygens (including phenoxy) is 3. The van der Waals surface area contributed by atoms with Crippen LogP contribution in [-0.2, 0) is 20.8 Å². The highest BCUT2D eigenvalue weighted by Crippen LogP contribution is 2.44. The molecule has 1 amide bonds. The smallest absolute Gasteiger partial charge is 0.407 e. The molecule has 1 aliphatic carbocycles. The minimum atomic E-state index is -0.656. The van der Waals surface area contributed by atoms with Crippen LogP contribution < -0.4 is 10.9 Å². The van der Waals surface area contributed by atoms with Crippen LogP contribution in [0.4, 0.5) is 4.79 Å². The van der Waals surface area contributed by atoms with E-state index in [0.717, 1.165) is 11.1 Å². The van der Waals surface area contributed by atoms with Gasteiger partial charge in [0.25, 0.3) is 5.56 Å². The Labute approximate surface area is 180 Å². The molecule has 2 aromatic carbocycles. The van der Waals surface area contributed by atoms with Gasteiger partial charge < -0.3 is 24.5 Å². The first-order valence-electron chi connectivity index (χ1n) is 9.99. The minimum absolute atomic E-state index is 0.0131. The average molecular weight is 420 g/mol. The van der Waals surface area contributed by atoms with Crippen molar-refractivity contribution in [3.05, 3.63) is 93.4 Å². The summed E-state index contributed by atoms with van der Waals surface area (Å²) < 4.78 is 15.8. The van der Waals surface area contributed by atoms with Gasteiger partial charge in [-0.3, -0.25) is 4.79 Å². The molecule has 1 aliphatic rings. The SMILES string of the molecule is COC(OC)c1ccc(CNC(=O)OCC2c3ccccc3-c3ccccc32)c(=O)[nH]1. The van der Waals surface area contributed by atoms with Gasteiger partial charge in [0.2, 0.25) is 0 Å². The molecule has 0 saturated carbocycles. The molecule has 1 heterocycles. The Kier molecular flexibility index (Phi) is 6.16. The van der Waals surface area contributed by atoms with Crippen molar-refractivity contribution in [1.82, 2.24) is 10.3 Å². The average Bonchev–Trinajstić information content (AvgIpc) is 3.12. The lowest BCUT2D eigenvalue weighted by molar-refractivity contribution is -0.108. The van der Waals surface area contributed by atoms with Crippen molar-refractivity contribution in [3.63, 3.8) is 0 Å². The van der Waals surface area contributed by atoms with Gasteiger partial charge in [-0.1, -0.05) is 48.5 Å². The van der Waals surface area contributed by atoms with E-state index < -0.39 is 12.4 Å². The second-order valence-electron chi connectivity index (χ2n) is 7.25. The summed E-state index contributed by atoms with van der Waals surface area (Å²) in [5.74, 6) is -0.0131. The number of methoxy groups -OCH3 is 2. The van der Waals surface area contributed by atoms with Crippen LogP contribution in [-0.4, -0.2) is 31.9 Å². The van der Waals surface area contributed by atoms with Crippen LogP contribution in [0.2, 0.25) is 0 Å². The number of alkyl carbamates (subject to hydrolysis) is 1. The van der Waals surface area contributed by atoms with Gasteiger partial charge in [0.15, 0.2) is 6.29 Å². The lowest BCUT2D eigenvalue weighted by Crippen LogP contribution is -2.29. The Morgan fingerprint density at radius 1 is 0.968 bits per heavy atom. The van der Waals surface area contributed by atoms with Crippen LogP contribution in [0.5, 0.6) is 0 Å². The monoisotopic (exact) mass is 420 g/mol. The van der Waals surface area contributed by atoms with Crippen LogP contribution >= 0.6 is 0 Å². The first-order chi connectivity index (χ1) is 15.1. The Morgan fingerprint density at radius 3 is 2.16 bits per heavy atom. The number of hydrogen-bond donors (Lipinski definition) is 2. The van der Waals surface area contributed by atoms with E-state index in [-0.39, 0.29) is 24.6 Å². The van der Waals surface area contributed by atoms with Gasteiger partial charge in [0.05, 0.1) is 12.2 Å². The van der Waals surface area contributed by atoms with E-state index in [9.17, 15) is 9.59 Å². The van der Waals surface area contributed by atoms with Crippen LogP contribution in [0, 0.1) is 0 Å². The first-order valence-corrected chi connectivity index (χ1v) is 9.99. The number of fused-ring (bicyclic) bond motifs is 3. The van der Waals surface area contributed by atoms with Crippen molar-refractivity contribution in [3.8, 4) is 11.1 Å². The molecule has 7 nitrogen and oxygen atoms in total. The Bertz CT molecular complexity index is 1090. The molecule has 7 heteroatoms. The van der Waals surface area contributed by atoms with E-state index in [1.54, 1.807) is 12.1 Å². The highest BCUT2D eigenvalue weighted by Gasteiger charge is 2.29. The van der Waals surface area contributed by atoms with E-state index >= 15 is 0 Å². The summed E-state index contributed by atoms with van der Waals surface area (Å²) in [7, 11) is 2.97. The molecule has 0 fully saturated rings. The lowest BCUT2D eigenvalue weighted by Gasteiger charge is -2.15. The summed E-state index contributed by atoms with van der Waals surface area (Å²) in [6, 6.07) is 19.6. The summed E-state index contributed by atoms with van der Waals surface area (Å²) in [6.07, 6.45) is -1.23. The highest BCUT2D eigenvalue weighted by molar-refractivity contribution is 5.79. The Balaban J connectivity index is 1.38. The molecule has 160 valence electrons. The summed E-state index contributed by atoms with van der Waals surface area (Å²) in [5, 5.41) is 2.64. The molecule has 0 atom stereocenters. The van der Waals surface area contributed by atoms with Gasteiger partial charge in [-0.2, -0.15) is 0 Å². The second kappa shape index (κ2) is 9.16. The molecule has 0 aliphatic heterocycles. The van der Waals surface area contributed by atoms with Crippen molar-refractivity contribution < 1.29 is 19.0 Å². The van der Waals surface area contributed by atoms with E-state index in [1.807, 2.05) is 24.3 Å². The topological polar surface area (TPSA) is 89.7 Å². The maximum absolute atomic E-state index is 12.3. The van der Waals surface area contributed by atoms with Crippen molar-refractivity contribution in [2.75, 3.05) is 20.8 Å². The summed E-state index contributed by atoms with van der Waals surface area (Å²) >= 11 is 0. The molecule has 0 spiro atoms. The van der Waals surface area contributed by atoms with Gasteiger partial charge in [0.1, 0.15) is 6.61 Å². The fourth-order valence-electron chi connectivity index (χ4n) is 3.96. The Morgan fingerprint density at radius 2 is 1.58 bits per heavy atom. The Hall–Kier alpha value is -3.42. The number of benzene rings is 2. The fourth-order valence-corrected chi connectivity index (χ4v) is 3.96. The number of carbonyl (C=O) groups is 1. The van der Waals surface area contributed by atoms with Gasteiger partial charge in [0, 0.05) is 25.7 Å². The van der Waals surface area contributed by atoms with E-state index in [0.29, 0.717) is 11.3 Å². The molecule has 3 aromatic rings. The predicted octanol–water partition coefficient (Wildman–Crippen LogP) is 3.71. The lowest BCUT2D eigenvalue weighted by atomic mass is 9.98. The number of rotatable bonds is 7. The highest BCUT2D eigenvalue weighted by atomic mass is 16.7. The molecule has 4 rings (SSSR count). The summed E-state index contributed by atoms with van der Waals surface area (Å²) in [6.45, 7) is 0.273. The number of carbonyl (C=O) groups excluding carboxylic acids is 1. The standard InChI is InChI=1S/C24H24N2O5/c1-29-23(30-2)21-12-11-15(22(27)26-21)13-25-24(28)31-14-20-18-9-5-3-7-16(18)17-8-4-6-10-19(17)20/h3-12,20,23H,13-14H2,1-2H3,(H,25,28)(H,26,27). The maximum atomic E-state index is 12.3. The van der Waals surface area contributed by atoms with E-state index in [1.165, 1.54) is 25.3 Å². The minimum Gasteiger partial charge on any atom is -0.449 e. The van der Waals surface area contributed by atoms with Gasteiger partial charge >= 0.3 is 6.09 Å². The predicted molar refractivity (Wildman–Crippen MR) is 116 cm³/mol. The summed E-state index contributed by atoms with van der Waals surface area (Å²) in [4.78, 5) is 27.3. The number of nitrogens with one attached hydrogen (secondary N) is 2. The number of H-pyrrole nitrogens is 1. The number of aromatic amines is 1. The second-order valence-corrected chi connectivity index (χ2v) is 7.25. The molecule has 0 bridgehead atoms.